The van der Waals surface area contributed by atoms with Gasteiger partial charge in [-0.2, -0.15) is 0 Å². The number of methoxy groups -OCH3 is 3. The minimum atomic E-state index is -0.632. The van der Waals surface area contributed by atoms with E-state index in [-0.39, 0.29) is 0 Å². The lowest BCUT2D eigenvalue weighted by molar-refractivity contribution is -0.137. The van der Waals surface area contributed by atoms with Crippen molar-refractivity contribution in [3.8, 4) is 5.75 Å². The van der Waals surface area contributed by atoms with Gasteiger partial charge in [-0.1, -0.05) is 18.2 Å². The van der Waals surface area contributed by atoms with Crippen molar-refractivity contribution in [1.29, 1.82) is 0 Å². The summed E-state index contributed by atoms with van der Waals surface area (Å²) >= 11 is 0. The second-order valence-corrected chi connectivity index (χ2v) is 5.72. The fourth-order valence-corrected chi connectivity index (χ4v) is 3.14. The number of benzene rings is 1. The van der Waals surface area contributed by atoms with E-state index in [2.05, 4.69) is 0 Å². The Morgan fingerprint density at radius 3 is 1.84 bits per heavy atom. The van der Waals surface area contributed by atoms with Crippen LogP contribution in [-0.4, -0.2) is 45.2 Å². The molecule has 0 saturated heterocycles. The Kier molecular flexibility index (Phi) is 5.51. The van der Waals surface area contributed by atoms with Gasteiger partial charge in [0.15, 0.2) is 0 Å². The first kappa shape index (κ1) is 18.6. The molecule has 2 rings (SSSR count). The molecule has 0 fully saturated rings. The first-order valence-electron chi connectivity index (χ1n) is 7.83. The van der Waals surface area contributed by atoms with Crippen molar-refractivity contribution < 1.29 is 23.8 Å². The number of rotatable bonds is 4. The van der Waals surface area contributed by atoms with Gasteiger partial charge in [0, 0.05) is 24.0 Å². The lowest BCUT2D eigenvalue weighted by atomic mass is 9.79. The van der Waals surface area contributed by atoms with E-state index >= 15 is 0 Å². The van der Waals surface area contributed by atoms with E-state index in [1.54, 1.807) is 25.1 Å². The third kappa shape index (κ3) is 3.12. The van der Waals surface area contributed by atoms with Crippen LogP contribution in [0.3, 0.4) is 0 Å². The number of allylic oxidation sites excluding steroid dienone is 2. The maximum atomic E-state index is 12.5. The molecule has 0 atom stereocenters. The lowest BCUT2D eigenvalue weighted by Gasteiger charge is -2.35. The van der Waals surface area contributed by atoms with Crippen LogP contribution in [0.2, 0.25) is 0 Å². The molecular weight excluding hydrogens is 322 g/mol. The largest absolute Gasteiger partial charge is 0.496 e. The summed E-state index contributed by atoms with van der Waals surface area (Å²) in [6.07, 6.45) is 0. The molecular formula is C19H23NO5. The number of nitrogens with zero attached hydrogens (tertiary/aromatic N) is 1. The van der Waals surface area contributed by atoms with Crippen LogP contribution >= 0.6 is 0 Å². The monoisotopic (exact) mass is 345 g/mol. The minimum Gasteiger partial charge on any atom is -0.496 e. The van der Waals surface area contributed by atoms with Crippen LogP contribution in [0.25, 0.3) is 0 Å². The van der Waals surface area contributed by atoms with Crippen LogP contribution in [0.5, 0.6) is 5.75 Å². The first-order chi connectivity index (χ1) is 11.9. The van der Waals surface area contributed by atoms with E-state index < -0.39 is 17.9 Å². The van der Waals surface area contributed by atoms with E-state index in [0.717, 1.165) is 0 Å². The molecule has 1 aromatic carbocycles. The second-order valence-electron chi connectivity index (χ2n) is 5.72. The van der Waals surface area contributed by atoms with Gasteiger partial charge in [0.2, 0.25) is 0 Å². The molecule has 0 aromatic heterocycles. The summed E-state index contributed by atoms with van der Waals surface area (Å²) in [6.45, 7) is 3.65. The fraction of sp³-hybridized carbons (Fsp3) is 0.368. The minimum absolute atomic E-state index is 0.389. The molecule has 0 unspecified atom stereocenters. The molecule has 0 aliphatic carbocycles. The molecule has 0 bridgehead atoms. The van der Waals surface area contributed by atoms with Gasteiger partial charge in [-0.05, 0) is 19.9 Å². The predicted molar refractivity (Wildman–Crippen MR) is 92.9 cm³/mol. The van der Waals surface area contributed by atoms with Gasteiger partial charge in [0.05, 0.1) is 38.4 Å². The van der Waals surface area contributed by atoms with Crippen molar-refractivity contribution in [2.45, 2.75) is 19.8 Å². The summed E-state index contributed by atoms with van der Waals surface area (Å²) in [7, 11) is 6.00. The predicted octanol–water partition coefficient (Wildman–Crippen LogP) is 2.62. The van der Waals surface area contributed by atoms with Gasteiger partial charge in [-0.15, -0.1) is 0 Å². The Labute approximate surface area is 147 Å². The molecule has 25 heavy (non-hydrogen) atoms. The van der Waals surface area contributed by atoms with Gasteiger partial charge in [-0.25, -0.2) is 9.59 Å². The summed E-state index contributed by atoms with van der Waals surface area (Å²) in [5.74, 6) is -1.03. The SMILES string of the molecule is COC(=O)C1=C(C)N(C)C(C)=C(C(=O)OC)C1c1ccccc1OC. The number of hydrogen-bond acceptors (Lipinski definition) is 6. The van der Waals surface area contributed by atoms with Crippen LogP contribution in [0.1, 0.15) is 25.3 Å². The Morgan fingerprint density at radius 2 is 1.40 bits per heavy atom. The molecule has 1 aliphatic rings. The van der Waals surface area contributed by atoms with Crippen LogP contribution in [0, 0.1) is 0 Å². The third-order valence-corrected chi connectivity index (χ3v) is 4.62. The molecule has 0 spiro atoms. The molecule has 1 aliphatic heterocycles. The number of hydrogen-bond donors (Lipinski definition) is 0. The van der Waals surface area contributed by atoms with Gasteiger partial charge in [0.25, 0.3) is 0 Å². The van der Waals surface area contributed by atoms with Crippen LogP contribution in [0.4, 0.5) is 0 Å². The van der Waals surface area contributed by atoms with E-state index in [4.69, 9.17) is 14.2 Å². The van der Waals surface area contributed by atoms with Crippen molar-refractivity contribution in [3.63, 3.8) is 0 Å². The van der Waals surface area contributed by atoms with E-state index in [9.17, 15) is 9.59 Å². The summed E-state index contributed by atoms with van der Waals surface area (Å²) < 4.78 is 15.4. The standard InChI is InChI=1S/C19H23NO5/c1-11-15(18(21)24-5)17(13-9-7-8-10-14(13)23-4)16(19(22)25-6)12(2)20(11)3/h7-10,17H,1-6H3. The zero-order valence-electron chi connectivity index (χ0n) is 15.4. The number of para-hydroxylation sites is 1. The van der Waals surface area contributed by atoms with Crippen molar-refractivity contribution in [1.82, 2.24) is 4.90 Å². The lowest BCUT2D eigenvalue weighted by Crippen LogP contribution is -2.33. The van der Waals surface area contributed by atoms with Crippen molar-refractivity contribution in [2.75, 3.05) is 28.4 Å². The fourth-order valence-electron chi connectivity index (χ4n) is 3.14. The molecule has 6 heteroatoms. The summed E-state index contributed by atoms with van der Waals surface area (Å²) in [5, 5.41) is 0. The van der Waals surface area contributed by atoms with Gasteiger partial charge in [0.1, 0.15) is 5.75 Å². The van der Waals surface area contributed by atoms with Crippen LogP contribution in [-0.2, 0) is 19.1 Å². The number of carbonyl (C=O) groups excluding carboxylic acids is 2. The Balaban J connectivity index is 2.82. The van der Waals surface area contributed by atoms with E-state index in [1.165, 1.54) is 14.2 Å². The highest BCUT2D eigenvalue weighted by molar-refractivity contribution is 6.00. The van der Waals surface area contributed by atoms with Crippen molar-refractivity contribution in [2.24, 2.45) is 0 Å². The summed E-state index contributed by atoms with van der Waals surface area (Å²) in [6, 6.07) is 7.30. The highest BCUT2D eigenvalue weighted by Crippen LogP contribution is 2.44. The van der Waals surface area contributed by atoms with Gasteiger partial charge >= 0.3 is 11.9 Å². The Morgan fingerprint density at radius 1 is 0.920 bits per heavy atom. The quantitative estimate of drug-likeness (QED) is 0.782. The summed E-state index contributed by atoms with van der Waals surface area (Å²) in [4.78, 5) is 26.9. The molecule has 134 valence electrons. The molecule has 0 N–H and O–H groups in total. The second kappa shape index (κ2) is 7.42. The van der Waals surface area contributed by atoms with Crippen LogP contribution in [0.15, 0.2) is 46.8 Å². The average molecular weight is 345 g/mol. The highest BCUT2D eigenvalue weighted by atomic mass is 16.5. The Hall–Kier alpha value is -2.76. The highest BCUT2D eigenvalue weighted by Gasteiger charge is 2.40. The number of ether oxygens (including phenoxy) is 3. The summed E-state index contributed by atoms with van der Waals surface area (Å²) in [5.41, 5.74) is 2.92. The zero-order chi connectivity index (χ0) is 18.7. The van der Waals surface area contributed by atoms with Gasteiger partial charge < -0.3 is 19.1 Å². The van der Waals surface area contributed by atoms with Crippen molar-refractivity contribution >= 4 is 11.9 Å². The maximum Gasteiger partial charge on any atom is 0.336 e. The molecule has 6 nitrogen and oxygen atoms in total. The molecule has 1 aromatic rings. The molecule has 0 saturated carbocycles. The van der Waals surface area contributed by atoms with Crippen LogP contribution < -0.4 is 4.74 Å². The normalized spacial score (nSPS) is 15.4. The van der Waals surface area contributed by atoms with Gasteiger partial charge in [-0.3, -0.25) is 0 Å². The smallest absolute Gasteiger partial charge is 0.336 e. The van der Waals surface area contributed by atoms with E-state index in [1.807, 2.05) is 32.0 Å². The van der Waals surface area contributed by atoms with E-state index in [0.29, 0.717) is 33.9 Å². The number of esters is 2. The van der Waals surface area contributed by atoms with Crippen molar-refractivity contribution in [3.05, 3.63) is 52.4 Å². The Bertz CT molecular complexity index is 723. The third-order valence-electron chi connectivity index (χ3n) is 4.62. The maximum absolute atomic E-state index is 12.5. The zero-order valence-corrected chi connectivity index (χ0v) is 15.4. The topological polar surface area (TPSA) is 65.1 Å². The molecule has 0 amide bonds. The molecule has 0 radical (unpaired) electrons. The number of carbonyl (C=O) groups is 2. The average Bonchev–Trinajstić information content (AvgIpc) is 2.64. The first-order valence-corrected chi connectivity index (χ1v) is 7.83. The molecule has 1 heterocycles.